The van der Waals surface area contributed by atoms with E-state index in [-0.39, 0.29) is 24.6 Å². The molecule has 0 bridgehead atoms. The van der Waals surface area contributed by atoms with E-state index in [0.717, 1.165) is 12.8 Å². The molecule has 3 amide bonds. The molecule has 1 aromatic heterocycles. The topological polar surface area (TPSA) is 75.0 Å². The Labute approximate surface area is 192 Å². The minimum atomic E-state index is -0.451. The van der Waals surface area contributed by atoms with Crippen LogP contribution in [-0.2, 0) is 16.1 Å². The highest BCUT2D eigenvalue weighted by atomic mass is 35.5. The fourth-order valence-electron chi connectivity index (χ4n) is 3.41. The number of halogens is 2. The van der Waals surface area contributed by atoms with Gasteiger partial charge in [-0.15, -0.1) is 0 Å². The van der Waals surface area contributed by atoms with Crippen molar-refractivity contribution in [2.24, 2.45) is 0 Å². The predicted molar refractivity (Wildman–Crippen MR) is 120 cm³/mol. The number of urea groups is 1. The first-order valence-electron chi connectivity index (χ1n) is 10.3. The van der Waals surface area contributed by atoms with E-state index in [9.17, 15) is 9.59 Å². The summed E-state index contributed by atoms with van der Waals surface area (Å²) < 4.78 is 11.1. The van der Waals surface area contributed by atoms with E-state index in [1.807, 2.05) is 19.9 Å². The third-order valence-corrected chi connectivity index (χ3v) is 5.74. The summed E-state index contributed by atoms with van der Waals surface area (Å²) in [5.74, 6) is 0.482. The largest absolute Gasteiger partial charge is 0.467 e. The number of ether oxygens (including phenoxy) is 1. The number of hydrogen-bond acceptors (Lipinski definition) is 4. The second kappa shape index (κ2) is 10.9. The number of carbonyl (C=O) groups is 2. The van der Waals surface area contributed by atoms with E-state index in [1.165, 1.54) is 4.90 Å². The number of hydrogen-bond donors (Lipinski definition) is 1. The van der Waals surface area contributed by atoms with E-state index < -0.39 is 6.03 Å². The van der Waals surface area contributed by atoms with Gasteiger partial charge in [-0.25, -0.2) is 4.79 Å². The van der Waals surface area contributed by atoms with Crippen LogP contribution in [0.4, 0.5) is 10.5 Å². The Morgan fingerprint density at radius 1 is 1.19 bits per heavy atom. The van der Waals surface area contributed by atoms with Crippen molar-refractivity contribution >= 4 is 40.8 Å². The lowest BCUT2D eigenvalue weighted by atomic mass is 10.2. The Morgan fingerprint density at radius 3 is 2.52 bits per heavy atom. The summed E-state index contributed by atoms with van der Waals surface area (Å²) in [6.07, 6.45) is 3.45. The van der Waals surface area contributed by atoms with E-state index in [4.69, 9.17) is 32.4 Å². The van der Waals surface area contributed by atoms with E-state index in [0.29, 0.717) is 41.2 Å². The number of furan rings is 1. The average molecular weight is 468 g/mol. The summed E-state index contributed by atoms with van der Waals surface area (Å²) in [6.45, 7) is 5.06. The molecule has 0 aliphatic carbocycles. The molecule has 1 saturated heterocycles. The molecule has 1 aliphatic rings. The number of rotatable bonds is 8. The summed E-state index contributed by atoms with van der Waals surface area (Å²) >= 11 is 12.3. The number of benzene rings is 1. The van der Waals surface area contributed by atoms with Gasteiger partial charge in [0.15, 0.2) is 0 Å². The zero-order valence-electron chi connectivity index (χ0n) is 17.6. The molecule has 1 fully saturated rings. The third-order valence-electron chi connectivity index (χ3n) is 5.11. The van der Waals surface area contributed by atoms with Crippen LogP contribution in [0.5, 0.6) is 0 Å². The zero-order chi connectivity index (χ0) is 22.4. The van der Waals surface area contributed by atoms with Gasteiger partial charge in [0.05, 0.1) is 34.6 Å². The van der Waals surface area contributed by atoms with Gasteiger partial charge in [-0.05, 0) is 51.0 Å². The normalized spacial score (nSPS) is 15.8. The fourth-order valence-corrected chi connectivity index (χ4v) is 3.90. The van der Waals surface area contributed by atoms with Crippen LogP contribution >= 0.6 is 23.2 Å². The lowest BCUT2D eigenvalue weighted by molar-refractivity contribution is -0.134. The lowest BCUT2D eigenvalue weighted by Crippen LogP contribution is -2.48. The van der Waals surface area contributed by atoms with Crippen molar-refractivity contribution in [3.8, 4) is 0 Å². The van der Waals surface area contributed by atoms with Gasteiger partial charge in [0.2, 0.25) is 5.91 Å². The first-order valence-corrected chi connectivity index (χ1v) is 11.0. The maximum absolute atomic E-state index is 13.2. The standard InChI is InChI=1S/C22H27Cl2N3O4/c1-15(2)27(22(29)25-21-18(23)8-3-9-19(21)24)14-20(28)26(12-16-6-4-10-30-16)13-17-7-5-11-31-17/h3-4,6,8-10,15,17H,5,7,11-14H2,1-2H3,(H,25,29). The molecule has 2 aromatic rings. The highest BCUT2D eigenvalue weighted by Crippen LogP contribution is 2.30. The number of amides is 3. The number of nitrogens with zero attached hydrogens (tertiary/aromatic N) is 2. The molecule has 7 nitrogen and oxygen atoms in total. The smallest absolute Gasteiger partial charge is 0.322 e. The van der Waals surface area contributed by atoms with Crippen molar-refractivity contribution in [2.45, 2.75) is 45.4 Å². The highest BCUT2D eigenvalue weighted by Gasteiger charge is 2.28. The minimum Gasteiger partial charge on any atom is -0.467 e. The molecular formula is C22H27Cl2N3O4. The molecule has 1 N–H and O–H groups in total. The highest BCUT2D eigenvalue weighted by molar-refractivity contribution is 6.39. The Kier molecular flexibility index (Phi) is 8.23. The maximum Gasteiger partial charge on any atom is 0.322 e. The van der Waals surface area contributed by atoms with Gasteiger partial charge in [-0.3, -0.25) is 4.79 Å². The van der Waals surface area contributed by atoms with Crippen LogP contribution in [0.1, 0.15) is 32.4 Å². The molecule has 1 aliphatic heterocycles. The van der Waals surface area contributed by atoms with Crippen LogP contribution in [0.2, 0.25) is 10.0 Å². The average Bonchev–Trinajstić information content (AvgIpc) is 3.42. The van der Waals surface area contributed by atoms with Gasteiger partial charge >= 0.3 is 6.03 Å². The quantitative estimate of drug-likeness (QED) is 0.589. The van der Waals surface area contributed by atoms with Crippen LogP contribution in [0.15, 0.2) is 41.0 Å². The molecule has 0 saturated carbocycles. The second-order valence-corrected chi connectivity index (χ2v) is 8.55. The number of anilines is 1. The summed E-state index contributed by atoms with van der Waals surface area (Å²) in [6, 6.07) is 7.91. The van der Waals surface area contributed by atoms with Gasteiger partial charge in [-0.2, -0.15) is 0 Å². The molecule has 9 heteroatoms. The van der Waals surface area contributed by atoms with Crippen molar-refractivity contribution in [3.63, 3.8) is 0 Å². The summed E-state index contributed by atoms with van der Waals surface area (Å²) in [4.78, 5) is 29.3. The van der Waals surface area contributed by atoms with Gasteiger partial charge in [0.25, 0.3) is 0 Å². The molecule has 168 valence electrons. The third kappa shape index (κ3) is 6.38. The monoisotopic (exact) mass is 467 g/mol. The summed E-state index contributed by atoms with van der Waals surface area (Å²) in [5, 5.41) is 3.39. The molecule has 1 aromatic carbocycles. The van der Waals surface area contributed by atoms with Crippen molar-refractivity contribution in [3.05, 3.63) is 52.4 Å². The number of nitrogens with one attached hydrogen (secondary N) is 1. The van der Waals surface area contributed by atoms with Crippen LogP contribution in [0.3, 0.4) is 0 Å². The Bertz CT molecular complexity index is 863. The summed E-state index contributed by atoms with van der Waals surface area (Å²) in [5.41, 5.74) is 0.320. The van der Waals surface area contributed by atoms with Crippen molar-refractivity contribution in [1.29, 1.82) is 0 Å². The van der Waals surface area contributed by atoms with Gasteiger partial charge in [0, 0.05) is 19.2 Å². The van der Waals surface area contributed by atoms with E-state index in [2.05, 4.69) is 5.32 Å². The lowest BCUT2D eigenvalue weighted by Gasteiger charge is -2.31. The Morgan fingerprint density at radius 2 is 1.94 bits per heavy atom. The van der Waals surface area contributed by atoms with Crippen LogP contribution < -0.4 is 5.32 Å². The SMILES string of the molecule is CC(C)N(CC(=O)N(Cc1ccco1)CC1CCCO1)C(=O)Nc1c(Cl)cccc1Cl. The van der Waals surface area contributed by atoms with Crippen LogP contribution in [0.25, 0.3) is 0 Å². The summed E-state index contributed by atoms with van der Waals surface area (Å²) in [7, 11) is 0. The predicted octanol–water partition coefficient (Wildman–Crippen LogP) is 5.04. The molecule has 1 unspecified atom stereocenters. The second-order valence-electron chi connectivity index (χ2n) is 7.74. The van der Waals surface area contributed by atoms with E-state index >= 15 is 0 Å². The minimum absolute atomic E-state index is 0.0119. The van der Waals surface area contributed by atoms with Crippen LogP contribution in [-0.4, -0.2) is 53.6 Å². The number of para-hydroxylation sites is 1. The molecule has 31 heavy (non-hydrogen) atoms. The first-order chi connectivity index (χ1) is 14.8. The van der Waals surface area contributed by atoms with Gasteiger partial charge < -0.3 is 24.3 Å². The van der Waals surface area contributed by atoms with Gasteiger partial charge in [-0.1, -0.05) is 29.3 Å². The van der Waals surface area contributed by atoms with Crippen molar-refractivity contribution in [2.75, 3.05) is 25.0 Å². The van der Waals surface area contributed by atoms with Crippen molar-refractivity contribution in [1.82, 2.24) is 9.80 Å². The maximum atomic E-state index is 13.2. The first kappa shape index (κ1) is 23.4. The molecule has 3 rings (SSSR count). The van der Waals surface area contributed by atoms with Crippen LogP contribution in [0, 0.1) is 0 Å². The molecular weight excluding hydrogens is 441 g/mol. The van der Waals surface area contributed by atoms with E-state index in [1.54, 1.807) is 35.4 Å². The van der Waals surface area contributed by atoms with Crippen molar-refractivity contribution < 1.29 is 18.7 Å². The molecule has 2 heterocycles. The zero-order valence-corrected chi connectivity index (χ0v) is 19.2. The molecule has 0 radical (unpaired) electrons. The number of carbonyl (C=O) groups excluding carboxylic acids is 2. The Hall–Kier alpha value is -2.22. The Balaban J connectivity index is 1.72. The fraction of sp³-hybridized carbons (Fsp3) is 0.455. The molecule has 1 atom stereocenters. The molecule has 0 spiro atoms. The van der Waals surface area contributed by atoms with Gasteiger partial charge in [0.1, 0.15) is 12.3 Å².